The van der Waals surface area contributed by atoms with Gasteiger partial charge in [0.25, 0.3) is 5.91 Å². The minimum atomic E-state index is -0.407. The van der Waals surface area contributed by atoms with Crippen molar-refractivity contribution in [3.63, 3.8) is 0 Å². The summed E-state index contributed by atoms with van der Waals surface area (Å²) in [6.07, 6.45) is 0. The Kier molecular flexibility index (Phi) is 4.99. The molecule has 4 N–H and O–H groups in total. The van der Waals surface area contributed by atoms with Crippen LogP contribution in [0.25, 0.3) is 0 Å². The Labute approximate surface area is 131 Å². The lowest BCUT2D eigenvalue weighted by molar-refractivity contribution is 0.102. The maximum Gasteiger partial charge on any atom is 0.259 e. The van der Waals surface area contributed by atoms with Crippen LogP contribution in [0.2, 0.25) is 0 Å². The van der Waals surface area contributed by atoms with E-state index in [-0.39, 0.29) is 17.9 Å². The zero-order valence-corrected chi connectivity index (χ0v) is 12.6. The second-order valence-electron chi connectivity index (χ2n) is 4.17. The second kappa shape index (κ2) is 6.93. The van der Waals surface area contributed by atoms with Gasteiger partial charge in [-0.3, -0.25) is 4.79 Å². The van der Waals surface area contributed by atoms with Crippen molar-refractivity contribution in [3.05, 3.63) is 58.1 Å². The molecule has 1 amide bonds. The van der Waals surface area contributed by atoms with Crippen LogP contribution in [0.1, 0.15) is 15.9 Å². The number of phenols is 1. The highest BCUT2D eigenvalue weighted by molar-refractivity contribution is 9.10. The van der Waals surface area contributed by atoms with Gasteiger partial charge in [-0.15, -0.1) is 0 Å². The number of nitrogens with two attached hydrogens (primary N) is 1. The van der Waals surface area contributed by atoms with E-state index in [4.69, 9.17) is 5.73 Å². The van der Waals surface area contributed by atoms with Crippen molar-refractivity contribution in [1.82, 2.24) is 0 Å². The third kappa shape index (κ3) is 3.85. The van der Waals surface area contributed by atoms with Crippen LogP contribution in [0.15, 0.2) is 46.9 Å². The predicted molar refractivity (Wildman–Crippen MR) is 86.1 cm³/mol. The normalized spacial score (nSPS) is 9.62. The smallest absolute Gasteiger partial charge is 0.259 e. The molecule has 0 aliphatic carbocycles. The molecule has 0 aliphatic heterocycles. The van der Waals surface area contributed by atoms with E-state index >= 15 is 0 Å². The van der Waals surface area contributed by atoms with Crippen LogP contribution in [-0.2, 0) is 0 Å². The van der Waals surface area contributed by atoms with Crippen molar-refractivity contribution in [2.24, 2.45) is 5.73 Å². The van der Waals surface area contributed by atoms with Gasteiger partial charge < -0.3 is 16.2 Å². The number of amides is 1. The van der Waals surface area contributed by atoms with Gasteiger partial charge in [0.15, 0.2) is 0 Å². The summed E-state index contributed by atoms with van der Waals surface area (Å²) in [5.41, 5.74) is 6.79. The molecule has 0 unspecified atom stereocenters. The van der Waals surface area contributed by atoms with E-state index in [1.807, 2.05) is 6.07 Å². The Morgan fingerprint density at radius 3 is 2.81 bits per heavy atom. The van der Waals surface area contributed by atoms with E-state index in [1.165, 1.54) is 6.07 Å². The second-order valence-corrected chi connectivity index (χ2v) is 5.08. The summed E-state index contributed by atoms with van der Waals surface area (Å²) in [7, 11) is 0. The number of rotatable bonds is 2. The molecular formula is C16H13BrN2O2. The maximum atomic E-state index is 12.2. The fourth-order valence-corrected chi connectivity index (χ4v) is 2.09. The van der Waals surface area contributed by atoms with E-state index in [1.54, 1.807) is 30.3 Å². The van der Waals surface area contributed by atoms with Gasteiger partial charge in [-0.1, -0.05) is 39.9 Å². The average molecular weight is 345 g/mol. The van der Waals surface area contributed by atoms with Crippen molar-refractivity contribution in [3.8, 4) is 17.6 Å². The summed E-state index contributed by atoms with van der Waals surface area (Å²) >= 11 is 3.27. The molecule has 106 valence electrons. The highest BCUT2D eigenvalue weighted by Gasteiger charge is 2.13. The van der Waals surface area contributed by atoms with E-state index in [0.29, 0.717) is 15.7 Å². The van der Waals surface area contributed by atoms with E-state index in [9.17, 15) is 9.90 Å². The topological polar surface area (TPSA) is 75.3 Å². The molecule has 0 bridgehead atoms. The SMILES string of the molecule is NCC#Cc1ccccc1NC(=O)c1cc(Br)ccc1O. The molecular weight excluding hydrogens is 332 g/mol. The summed E-state index contributed by atoms with van der Waals surface area (Å²) < 4.78 is 0.710. The molecule has 2 rings (SSSR count). The van der Waals surface area contributed by atoms with Gasteiger partial charge in [0.2, 0.25) is 0 Å². The van der Waals surface area contributed by atoms with Crippen molar-refractivity contribution in [2.45, 2.75) is 0 Å². The Morgan fingerprint density at radius 2 is 2.05 bits per heavy atom. The van der Waals surface area contributed by atoms with Crippen LogP contribution in [0.5, 0.6) is 5.75 Å². The van der Waals surface area contributed by atoms with Gasteiger partial charge in [-0.25, -0.2) is 0 Å². The molecule has 0 aromatic heterocycles. The van der Waals surface area contributed by atoms with E-state index < -0.39 is 5.91 Å². The van der Waals surface area contributed by atoms with Crippen molar-refractivity contribution < 1.29 is 9.90 Å². The first-order valence-electron chi connectivity index (χ1n) is 6.19. The van der Waals surface area contributed by atoms with Crippen molar-refractivity contribution in [1.29, 1.82) is 0 Å². The van der Waals surface area contributed by atoms with Crippen LogP contribution in [-0.4, -0.2) is 17.6 Å². The molecule has 5 heteroatoms. The number of anilines is 1. The standard InChI is InChI=1S/C16H13BrN2O2/c17-12-7-8-15(20)13(10-12)16(21)19-14-6-2-1-4-11(14)5-3-9-18/h1-2,4,6-8,10,20H,9,18H2,(H,19,21). The van der Waals surface area contributed by atoms with Crippen molar-refractivity contribution >= 4 is 27.5 Å². The summed E-state index contributed by atoms with van der Waals surface area (Å²) in [6, 6.07) is 11.8. The first-order valence-corrected chi connectivity index (χ1v) is 6.99. The van der Waals surface area contributed by atoms with Gasteiger partial charge in [-0.05, 0) is 30.3 Å². The lowest BCUT2D eigenvalue weighted by Gasteiger charge is -2.09. The zero-order chi connectivity index (χ0) is 15.2. The van der Waals surface area contributed by atoms with E-state index in [2.05, 4.69) is 33.1 Å². The predicted octanol–water partition coefficient (Wildman–Crippen LogP) is 2.72. The van der Waals surface area contributed by atoms with Crippen molar-refractivity contribution in [2.75, 3.05) is 11.9 Å². The molecule has 0 spiro atoms. The fraction of sp³-hybridized carbons (Fsp3) is 0.0625. The fourth-order valence-electron chi connectivity index (χ4n) is 1.73. The monoisotopic (exact) mass is 344 g/mol. The number of hydrogen-bond donors (Lipinski definition) is 3. The number of carbonyl (C=O) groups excluding carboxylic acids is 1. The van der Waals surface area contributed by atoms with Gasteiger partial charge in [0.1, 0.15) is 5.75 Å². The molecule has 2 aromatic carbocycles. The molecule has 4 nitrogen and oxygen atoms in total. The number of phenolic OH excluding ortho intramolecular Hbond substituents is 1. The summed E-state index contributed by atoms with van der Waals surface area (Å²) in [4.78, 5) is 12.2. The Bertz CT molecular complexity index is 733. The third-order valence-corrected chi connectivity index (χ3v) is 3.20. The number of benzene rings is 2. The Hall–Kier alpha value is -2.29. The molecule has 2 aromatic rings. The summed E-state index contributed by atoms with van der Waals surface area (Å²) in [5, 5.41) is 12.5. The highest BCUT2D eigenvalue weighted by atomic mass is 79.9. The molecule has 0 radical (unpaired) electrons. The van der Waals surface area contributed by atoms with Crippen LogP contribution >= 0.6 is 15.9 Å². The highest BCUT2D eigenvalue weighted by Crippen LogP contribution is 2.23. The summed E-state index contributed by atoms with van der Waals surface area (Å²) in [5.74, 6) is 5.15. The van der Waals surface area contributed by atoms with Crippen LogP contribution < -0.4 is 11.1 Å². The number of para-hydroxylation sites is 1. The van der Waals surface area contributed by atoms with E-state index in [0.717, 1.165) is 0 Å². The minimum absolute atomic E-state index is 0.0822. The Morgan fingerprint density at radius 1 is 1.29 bits per heavy atom. The molecule has 0 fully saturated rings. The number of aromatic hydroxyl groups is 1. The quantitative estimate of drug-likeness (QED) is 0.733. The number of hydrogen-bond acceptors (Lipinski definition) is 3. The number of nitrogens with one attached hydrogen (secondary N) is 1. The zero-order valence-electron chi connectivity index (χ0n) is 11.1. The molecule has 0 saturated heterocycles. The van der Waals surface area contributed by atoms with Gasteiger partial charge in [0, 0.05) is 10.0 Å². The summed E-state index contributed by atoms with van der Waals surface area (Å²) in [6.45, 7) is 0.245. The molecule has 0 atom stereocenters. The van der Waals surface area contributed by atoms with Crippen LogP contribution in [0, 0.1) is 11.8 Å². The van der Waals surface area contributed by atoms with Gasteiger partial charge in [-0.2, -0.15) is 0 Å². The molecule has 0 aliphatic rings. The first kappa shape index (κ1) is 15.1. The maximum absolute atomic E-state index is 12.2. The lowest BCUT2D eigenvalue weighted by atomic mass is 10.1. The van der Waals surface area contributed by atoms with Gasteiger partial charge >= 0.3 is 0 Å². The molecule has 0 saturated carbocycles. The number of halogens is 1. The van der Waals surface area contributed by atoms with Crippen LogP contribution in [0.3, 0.4) is 0 Å². The average Bonchev–Trinajstić information content (AvgIpc) is 2.48. The minimum Gasteiger partial charge on any atom is -0.507 e. The molecule has 21 heavy (non-hydrogen) atoms. The number of carbonyl (C=O) groups is 1. The van der Waals surface area contributed by atoms with Crippen LogP contribution in [0.4, 0.5) is 5.69 Å². The first-order chi connectivity index (χ1) is 10.1. The third-order valence-electron chi connectivity index (χ3n) is 2.70. The largest absolute Gasteiger partial charge is 0.507 e. The lowest BCUT2D eigenvalue weighted by Crippen LogP contribution is -2.13. The Balaban J connectivity index is 2.30. The van der Waals surface area contributed by atoms with Gasteiger partial charge in [0.05, 0.1) is 17.8 Å². The molecule has 0 heterocycles.